The number of hydrogen-bond donors (Lipinski definition) is 1. The Labute approximate surface area is 220 Å². The Bertz CT molecular complexity index is 1040. The van der Waals surface area contributed by atoms with Crippen molar-refractivity contribution in [2.45, 2.75) is 37.6 Å². The van der Waals surface area contributed by atoms with Gasteiger partial charge in [0.05, 0.1) is 23.3 Å². The molecule has 0 spiro atoms. The van der Waals surface area contributed by atoms with Crippen molar-refractivity contribution in [1.29, 1.82) is 5.26 Å². The summed E-state index contributed by atoms with van der Waals surface area (Å²) in [5.74, 6) is -1.49. The van der Waals surface area contributed by atoms with E-state index in [4.69, 9.17) is 26.2 Å². The molecule has 1 fully saturated rings. The van der Waals surface area contributed by atoms with Gasteiger partial charge in [0.1, 0.15) is 5.54 Å². The second-order valence-corrected chi connectivity index (χ2v) is 7.65. The Morgan fingerprint density at radius 3 is 2.61 bits per heavy atom. The molecule has 1 saturated carbocycles. The van der Waals surface area contributed by atoms with Crippen molar-refractivity contribution < 1.29 is 61.7 Å². The Hall–Kier alpha value is -2.48. The molecule has 1 aromatic carbocycles. The molecule has 0 aliphatic heterocycles. The molecule has 0 unspecified atom stereocenters. The Balaban J connectivity index is 0.00000385. The van der Waals surface area contributed by atoms with Crippen LogP contribution in [0.5, 0.6) is 0 Å². The van der Waals surface area contributed by atoms with E-state index in [0.717, 1.165) is 0 Å². The van der Waals surface area contributed by atoms with E-state index in [0.29, 0.717) is 36.8 Å². The molecule has 1 aliphatic rings. The van der Waals surface area contributed by atoms with E-state index in [-0.39, 0.29) is 56.3 Å². The molecule has 12 heteroatoms. The van der Waals surface area contributed by atoms with Crippen LogP contribution in [0.4, 0.5) is 4.79 Å². The van der Waals surface area contributed by atoms with Crippen LogP contribution >= 0.6 is 11.6 Å². The number of carboxylic acid groups (broad SMARTS) is 1. The van der Waals surface area contributed by atoms with Gasteiger partial charge in [0.15, 0.2) is 6.73 Å². The first-order valence-electron chi connectivity index (χ1n) is 9.84. The second-order valence-electron chi connectivity index (χ2n) is 7.24. The van der Waals surface area contributed by atoms with Gasteiger partial charge in [-0.2, -0.15) is 11.5 Å². The van der Waals surface area contributed by atoms with E-state index in [1.54, 1.807) is 30.6 Å². The number of rotatable bonds is 10. The van der Waals surface area contributed by atoms with Gasteiger partial charge in [0.2, 0.25) is 0 Å². The zero-order valence-corrected chi connectivity index (χ0v) is 21.2. The standard InChI is InChI=1S/C21H21ClN4O6.Y/c22-17-5-4-14(15-10-24-25-11-15)9-16(17)19(29)26(21(12-23)6-7-21)13-32-20(30)31-8-2-1-3-18(27)28;/h4-5,9-11H,1-3,6-8,13H2,(H2,24,25,27,28);/p-1. The third-order valence-corrected chi connectivity index (χ3v) is 5.33. The van der Waals surface area contributed by atoms with E-state index in [1.807, 2.05) is 0 Å². The van der Waals surface area contributed by atoms with Crippen LogP contribution < -0.4 is 5.10 Å². The van der Waals surface area contributed by atoms with Crippen molar-refractivity contribution in [3.8, 4) is 17.2 Å². The molecular formula is C21H20ClN4O6Y-. The summed E-state index contributed by atoms with van der Waals surface area (Å²) in [7, 11) is 0. The van der Waals surface area contributed by atoms with Gasteiger partial charge in [-0.1, -0.05) is 17.7 Å². The molecule has 3 rings (SSSR count). The molecule has 0 atom stereocenters. The van der Waals surface area contributed by atoms with Crippen molar-refractivity contribution in [2.75, 3.05) is 13.3 Å². The minimum absolute atomic E-state index is 0. The van der Waals surface area contributed by atoms with E-state index >= 15 is 0 Å². The number of unbranched alkanes of at least 4 members (excludes halogenated alkanes) is 1. The smallest absolute Gasteiger partial charge is 0.510 e. The number of nitrogens with zero attached hydrogens (tertiary/aromatic N) is 4. The van der Waals surface area contributed by atoms with Crippen molar-refractivity contribution in [1.82, 2.24) is 15.1 Å². The minimum atomic E-state index is -1.08. The van der Waals surface area contributed by atoms with Gasteiger partial charge in [-0.15, -0.1) is 0 Å². The summed E-state index contributed by atoms with van der Waals surface area (Å²) in [6.45, 7) is -0.501. The van der Waals surface area contributed by atoms with E-state index < -0.39 is 30.3 Å². The molecular weight excluding hydrogens is 529 g/mol. The first-order chi connectivity index (χ1) is 15.4. The molecule has 1 N–H and O–H groups in total. The minimum Gasteiger partial charge on any atom is -0.581 e. The van der Waals surface area contributed by atoms with Gasteiger partial charge < -0.3 is 24.8 Å². The normalized spacial score (nSPS) is 13.2. The van der Waals surface area contributed by atoms with E-state index in [1.165, 1.54) is 4.90 Å². The average Bonchev–Trinajstić information content (AvgIpc) is 3.36. The fourth-order valence-electron chi connectivity index (χ4n) is 3.02. The van der Waals surface area contributed by atoms with E-state index in [9.17, 15) is 19.6 Å². The van der Waals surface area contributed by atoms with Crippen LogP contribution in [0.15, 0.2) is 30.6 Å². The third-order valence-electron chi connectivity index (χ3n) is 5.00. The zero-order chi connectivity index (χ0) is 23.1. The summed E-state index contributed by atoms with van der Waals surface area (Å²) in [4.78, 5) is 36.8. The predicted molar refractivity (Wildman–Crippen MR) is 111 cm³/mol. The molecule has 2 aromatic rings. The first kappa shape index (κ1) is 26.8. The summed E-state index contributed by atoms with van der Waals surface area (Å²) < 4.78 is 9.96. The molecule has 0 bridgehead atoms. The van der Waals surface area contributed by atoms with Gasteiger partial charge in [-0.3, -0.25) is 14.5 Å². The number of benzene rings is 1. The molecule has 1 radical (unpaired) electrons. The van der Waals surface area contributed by atoms with Crippen molar-refractivity contribution in [2.24, 2.45) is 0 Å². The van der Waals surface area contributed by atoms with Gasteiger partial charge in [0.25, 0.3) is 5.91 Å². The number of halogens is 1. The monoisotopic (exact) mass is 548 g/mol. The number of nitriles is 1. The average molecular weight is 549 g/mol. The second kappa shape index (κ2) is 12.1. The van der Waals surface area contributed by atoms with Crippen LogP contribution in [-0.2, 0) is 47.0 Å². The Kier molecular flexibility index (Phi) is 9.83. The van der Waals surface area contributed by atoms with Crippen LogP contribution in [-0.4, -0.2) is 52.0 Å². The van der Waals surface area contributed by atoms with Crippen LogP contribution in [0.3, 0.4) is 0 Å². The number of carbonyl (C=O) groups is 3. The fourth-order valence-corrected chi connectivity index (χ4v) is 3.22. The summed E-state index contributed by atoms with van der Waals surface area (Å²) in [6.07, 6.45) is 3.65. The number of aromatic nitrogens is 2. The molecule has 1 amide bonds. The SMILES string of the molecule is N#CC1(N(COC(=O)OCCCCC(=O)O)C(=O)c2cc(-c3cn[n-]c3)ccc2Cl)CC1.[Y]. The maximum atomic E-state index is 13.3. The van der Waals surface area contributed by atoms with Gasteiger partial charge in [-0.05, 0) is 48.9 Å². The Morgan fingerprint density at radius 2 is 2.00 bits per heavy atom. The zero-order valence-electron chi connectivity index (χ0n) is 17.6. The number of amides is 1. The molecule has 1 aromatic heterocycles. The van der Waals surface area contributed by atoms with Crippen LogP contribution in [0, 0.1) is 11.3 Å². The van der Waals surface area contributed by atoms with Crippen LogP contribution in [0.1, 0.15) is 42.5 Å². The Morgan fingerprint density at radius 1 is 1.24 bits per heavy atom. The van der Waals surface area contributed by atoms with Crippen molar-refractivity contribution in [3.63, 3.8) is 0 Å². The number of aliphatic carboxylic acids is 1. The third kappa shape index (κ3) is 7.00. The molecule has 0 saturated heterocycles. The molecule has 33 heavy (non-hydrogen) atoms. The van der Waals surface area contributed by atoms with Crippen LogP contribution in [0.25, 0.3) is 11.1 Å². The number of hydrogen-bond acceptors (Lipinski definition) is 7. The number of ether oxygens (including phenoxy) is 2. The summed E-state index contributed by atoms with van der Waals surface area (Å²) in [5.41, 5.74) is 0.442. The van der Waals surface area contributed by atoms with Crippen LogP contribution in [0.2, 0.25) is 5.02 Å². The fraction of sp³-hybridized carbons (Fsp3) is 0.381. The first-order valence-corrected chi connectivity index (χ1v) is 10.2. The quantitative estimate of drug-likeness (QED) is 0.269. The maximum absolute atomic E-state index is 13.3. The molecule has 1 heterocycles. The summed E-state index contributed by atoms with van der Waals surface area (Å²) in [6, 6.07) is 6.97. The van der Waals surface area contributed by atoms with Crippen molar-refractivity contribution in [3.05, 3.63) is 41.2 Å². The summed E-state index contributed by atoms with van der Waals surface area (Å²) >= 11 is 6.26. The molecule has 171 valence electrons. The maximum Gasteiger partial charge on any atom is 0.510 e. The summed E-state index contributed by atoms with van der Waals surface area (Å²) in [5, 5.41) is 25.9. The van der Waals surface area contributed by atoms with Gasteiger partial charge in [-0.25, -0.2) is 4.79 Å². The molecule has 10 nitrogen and oxygen atoms in total. The predicted octanol–water partition coefficient (Wildman–Crippen LogP) is 3.22. The van der Waals surface area contributed by atoms with Crippen molar-refractivity contribution >= 4 is 29.6 Å². The van der Waals surface area contributed by atoms with E-state index in [2.05, 4.69) is 16.3 Å². The van der Waals surface area contributed by atoms with Gasteiger partial charge >= 0.3 is 12.1 Å². The topological polar surface area (TPSA) is 144 Å². The molecule has 1 aliphatic carbocycles. The largest absolute Gasteiger partial charge is 0.581 e. The number of carboxylic acids is 1. The van der Waals surface area contributed by atoms with Gasteiger partial charge in [0, 0.05) is 45.3 Å². The number of carbonyl (C=O) groups excluding carboxylic acids is 2.